The molecule has 0 amide bonds. The smallest absolute Gasteiger partial charge is 0.338 e. The summed E-state index contributed by atoms with van der Waals surface area (Å²) in [5.74, 6) is -0.621. The lowest BCUT2D eigenvalue weighted by atomic mass is 10.2. The topological polar surface area (TPSA) is 76.2 Å². The Morgan fingerprint density at radius 1 is 1.56 bits per heavy atom. The van der Waals surface area contributed by atoms with Gasteiger partial charge in [0.1, 0.15) is 5.82 Å². The SMILES string of the molecule is Cc1nc(CSc2ccc(F)c(C(=O)O)c2)no1. The molecule has 0 atom stereocenters. The highest BCUT2D eigenvalue weighted by molar-refractivity contribution is 7.98. The number of aromatic nitrogens is 2. The van der Waals surface area contributed by atoms with Gasteiger partial charge >= 0.3 is 5.97 Å². The maximum absolute atomic E-state index is 13.2. The maximum atomic E-state index is 13.2. The van der Waals surface area contributed by atoms with E-state index in [1.807, 2.05) is 0 Å². The van der Waals surface area contributed by atoms with Crippen LogP contribution in [0.25, 0.3) is 0 Å². The second-order valence-corrected chi connectivity index (χ2v) is 4.51. The third-order valence-electron chi connectivity index (χ3n) is 2.11. The molecule has 0 spiro atoms. The molecule has 1 aromatic heterocycles. The molecule has 0 saturated carbocycles. The van der Waals surface area contributed by atoms with Crippen molar-refractivity contribution in [2.45, 2.75) is 17.6 Å². The highest BCUT2D eigenvalue weighted by Crippen LogP contribution is 2.23. The highest BCUT2D eigenvalue weighted by atomic mass is 32.2. The summed E-state index contributed by atoms with van der Waals surface area (Å²) in [7, 11) is 0. The molecule has 1 aromatic carbocycles. The summed E-state index contributed by atoms with van der Waals surface area (Å²) in [5.41, 5.74) is -0.343. The van der Waals surface area contributed by atoms with E-state index in [2.05, 4.69) is 10.1 Å². The van der Waals surface area contributed by atoms with Gasteiger partial charge in [0.2, 0.25) is 5.89 Å². The van der Waals surface area contributed by atoms with Gasteiger partial charge in [0.05, 0.1) is 11.3 Å². The Morgan fingerprint density at radius 2 is 2.33 bits per heavy atom. The number of nitrogens with zero attached hydrogens (tertiary/aromatic N) is 2. The van der Waals surface area contributed by atoms with Crippen LogP contribution in [0.4, 0.5) is 4.39 Å². The van der Waals surface area contributed by atoms with Crippen LogP contribution in [0.5, 0.6) is 0 Å². The fourth-order valence-electron chi connectivity index (χ4n) is 1.31. The van der Waals surface area contributed by atoms with Gasteiger partial charge < -0.3 is 9.63 Å². The number of hydrogen-bond donors (Lipinski definition) is 1. The zero-order chi connectivity index (χ0) is 13.1. The number of carboxylic acids is 1. The van der Waals surface area contributed by atoms with Crippen LogP contribution in [0.1, 0.15) is 22.1 Å². The predicted octanol–water partition coefficient (Wildman–Crippen LogP) is 2.51. The minimum atomic E-state index is -1.29. The van der Waals surface area contributed by atoms with Crippen LogP contribution >= 0.6 is 11.8 Å². The average molecular weight is 268 g/mol. The molecule has 1 N–H and O–H groups in total. The van der Waals surface area contributed by atoms with Crippen LogP contribution in [0, 0.1) is 12.7 Å². The van der Waals surface area contributed by atoms with Gasteiger partial charge in [-0.25, -0.2) is 9.18 Å². The molecule has 2 aromatic rings. The highest BCUT2D eigenvalue weighted by Gasteiger charge is 2.11. The lowest BCUT2D eigenvalue weighted by Gasteiger charge is -2.01. The Bertz CT molecular complexity index is 585. The van der Waals surface area contributed by atoms with Gasteiger partial charge in [-0.05, 0) is 18.2 Å². The number of carboxylic acid groups (broad SMARTS) is 1. The van der Waals surface area contributed by atoms with Crippen molar-refractivity contribution in [2.24, 2.45) is 0 Å². The fourth-order valence-corrected chi connectivity index (χ4v) is 2.08. The van der Waals surface area contributed by atoms with Crippen molar-refractivity contribution < 1.29 is 18.8 Å². The van der Waals surface area contributed by atoms with Gasteiger partial charge in [-0.3, -0.25) is 0 Å². The Morgan fingerprint density at radius 3 is 2.94 bits per heavy atom. The molecule has 0 saturated heterocycles. The molecule has 0 fully saturated rings. The number of halogens is 1. The van der Waals surface area contributed by atoms with Gasteiger partial charge in [-0.2, -0.15) is 4.98 Å². The predicted molar refractivity (Wildman–Crippen MR) is 62.0 cm³/mol. The summed E-state index contributed by atoms with van der Waals surface area (Å²) in [6.45, 7) is 1.68. The van der Waals surface area contributed by atoms with E-state index in [1.54, 1.807) is 6.92 Å². The molecule has 0 aliphatic carbocycles. The molecule has 0 radical (unpaired) electrons. The molecule has 0 aliphatic rings. The normalized spacial score (nSPS) is 10.6. The Kier molecular flexibility index (Phi) is 3.61. The molecule has 7 heteroatoms. The van der Waals surface area contributed by atoms with Gasteiger partial charge in [-0.15, -0.1) is 11.8 Å². The second-order valence-electron chi connectivity index (χ2n) is 3.47. The number of aromatic carboxylic acids is 1. The first kappa shape index (κ1) is 12.6. The number of thioether (sulfide) groups is 1. The number of hydrogen-bond acceptors (Lipinski definition) is 5. The molecular formula is C11H9FN2O3S. The van der Waals surface area contributed by atoms with Crippen molar-refractivity contribution in [1.82, 2.24) is 10.1 Å². The molecule has 18 heavy (non-hydrogen) atoms. The van der Waals surface area contributed by atoms with E-state index >= 15 is 0 Å². The molecule has 94 valence electrons. The quantitative estimate of drug-likeness (QED) is 0.858. The monoisotopic (exact) mass is 268 g/mol. The van der Waals surface area contributed by atoms with Crippen molar-refractivity contribution in [3.05, 3.63) is 41.3 Å². The van der Waals surface area contributed by atoms with Gasteiger partial charge in [0.25, 0.3) is 0 Å². The molecule has 5 nitrogen and oxygen atoms in total. The van der Waals surface area contributed by atoms with Gasteiger partial charge in [0.15, 0.2) is 5.82 Å². The van der Waals surface area contributed by atoms with Crippen LogP contribution in [-0.4, -0.2) is 21.2 Å². The zero-order valence-electron chi connectivity index (χ0n) is 9.38. The summed E-state index contributed by atoms with van der Waals surface area (Å²) in [5, 5.41) is 12.5. The van der Waals surface area contributed by atoms with Crippen molar-refractivity contribution in [2.75, 3.05) is 0 Å². The third-order valence-corrected chi connectivity index (χ3v) is 3.10. The standard InChI is InChI=1S/C11H9FN2O3S/c1-6-13-10(14-17-6)5-18-7-2-3-9(12)8(4-7)11(15)16/h2-4H,5H2,1H3,(H,15,16). The van der Waals surface area contributed by atoms with Crippen molar-refractivity contribution >= 4 is 17.7 Å². The van der Waals surface area contributed by atoms with E-state index in [0.717, 1.165) is 6.07 Å². The zero-order valence-corrected chi connectivity index (χ0v) is 10.2. The minimum Gasteiger partial charge on any atom is -0.478 e. The van der Waals surface area contributed by atoms with E-state index in [4.69, 9.17) is 9.63 Å². The largest absolute Gasteiger partial charge is 0.478 e. The van der Waals surface area contributed by atoms with E-state index in [9.17, 15) is 9.18 Å². The molecule has 0 bridgehead atoms. The molecule has 2 rings (SSSR count). The van der Waals surface area contributed by atoms with E-state index in [1.165, 1.54) is 23.9 Å². The fraction of sp³-hybridized carbons (Fsp3) is 0.182. The first-order chi connectivity index (χ1) is 8.56. The first-order valence-electron chi connectivity index (χ1n) is 5.01. The Labute approximate surface area is 106 Å². The number of carbonyl (C=O) groups is 1. The number of rotatable bonds is 4. The van der Waals surface area contributed by atoms with Crippen LogP contribution in [0.3, 0.4) is 0 Å². The van der Waals surface area contributed by atoms with Crippen LogP contribution in [-0.2, 0) is 5.75 Å². The maximum Gasteiger partial charge on any atom is 0.338 e. The van der Waals surface area contributed by atoms with Crippen LogP contribution in [0.2, 0.25) is 0 Å². The third kappa shape index (κ3) is 2.86. The number of benzene rings is 1. The minimum absolute atomic E-state index is 0.343. The average Bonchev–Trinajstić information content (AvgIpc) is 2.74. The molecule has 0 unspecified atom stereocenters. The number of aryl methyl sites for hydroxylation is 1. The van der Waals surface area contributed by atoms with Gasteiger partial charge in [-0.1, -0.05) is 5.16 Å². The summed E-state index contributed by atoms with van der Waals surface area (Å²) >= 11 is 1.31. The summed E-state index contributed by atoms with van der Waals surface area (Å²) in [6, 6.07) is 3.93. The van der Waals surface area contributed by atoms with E-state index in [-0.39, 0.29) is 5.56 Å². The van der Waals surface area contributed by atoms with Gasteiger partial charge in [0, 0.05) is 11.8 Å². The van der Waals surface area contributed by atoms with Crippen LogP contribution in [0.15, 0.2) is 27.6 Å². The van der Waals surface area contributed by atoms with Crippen molar-refractivity contribution in [1.29, 1.82) is 0 Å². The van der Waals surface area contributed by atoms with Crippen molar-refractivity contribution in [3.8, 4) is 0 Å². The van der Waals surface area contributed by atoms with E-state index < -0.39 is 11.8 Å². The molecular weight excluding hydrogens is 259 g/mol. The second kappa shape index (κ2) is 5.18. The Hall–Kier alpha value is -1.89. The molecule has 0 aliphatic heterocycles. The molecule has 1 heterocycles. The van der Waals surface area contributed by atoms with E-state index in [0.29, 0.717) is 22.4 Å². The summed E-state index contributed by atoms with van der Waals surface area (Å²) in [4.78, 5) is 15.4. The summed E-state index contributed by atoms with van der Waals surface area (Å²) in [6.07, 6.45) is 0. The lowest BCUT2D eigenvalue weighted by Crippen LogP contribution is -2.00. The first-order valence-corrected chi connectivity index (χ1v) is 5.99. The van der Waals surface area contributed by atoms with Crippen LogP contribution < -0.4 is 0 Å². The Balaban J connectivity index is 2.10. The van der Waals surface area contributed by atoms with Crippen molar-refractivity contribution in [3.63, 3.8) is 0 Å². The summed E-state index contributed by atoms with van der Waals surface area (Å²) < 4.78 is 18.0. The lowest BCUT2D eigenvalue weighted by molar-refractivity contribution is 0.0691.